The van der Waals surface area contributed by atoms with E-state index in [0.717, 1.165) is 18.7 Å². The zero-order valence-electron chi connectivity index (χ0n) is 15.4. The van der Waals surface area contributed by atoms with Gasteiger partial charge in [-0.05, 0) is 48.0 Å². The number of nitrogens with zero attached hydrogens (tertiary/aromatic N) is 2. The minimum atomic E-state index is -0.467. The Morgan fingerprint density at radius 1 is 1.04 bits per heavy atom. The topological polar surface area (TPSA) is 69.6 Å². The maximum Gasteiger partial charge on any atom is 0.343 e. The quantitative estimate of drug-likeness (QED) is 0.442. The van der Waals surface area contributed by atoms with Crippen molar-refractivity contribution in [3.63, 3.8) is 0 Å². The SMILES string of the molecule is COc1ccc(C(=O)Oc2ccc(/C=N/N3CCOCC3)cc2OC)cc1. The molecule has 1 saturated heterocycles. The molecular weight excluding hydrogens is 348 g/mol. The maximum atomic E-state index is 12.3. The van der Waals surface area contributed by atoms with E-state index in [-0.39, 0.29) is 0 Å². The van der Waals surface area contributed by atoms with Gasteiger partial charge in [-0.3, -0.25) is 5.01 Å². The molecule has 0 saturated carbocycles. The number of hydrogen-bond donors (Lipinski definition) is 0. The molecule has 0 bridgehead atoms. The van der Waals surface area contributed by atoms with Crippen LogP contribution in [0.1, 0.15) is 15.9 Å². The number of benzene rings is 2. The van der Waals surface area contributed by atoms with E-state index in [1.165, 1.54) is 7.11 Å². The zero-order chi connectivity index (χ0) is 19.1. The van der Waals surface area contributed by atoms with Crippen LogP contribution in [-0.2, 0) is 4.74 Å². The molecule has 7 heteroatoms. The Bertz CT molecular complexity index is 799. The Morgan fingerprint density at radius 3 is 2.44 bits per heavy atom. The minimum Gasteiger partial charge on any atom is -0.497 e. The lowest BCUT2D eigenvalue weighted by atomic mass is 10.2. The number of ether oxygens (including phenoxy) is 4. The summed E-state index contributed by atoms with van der Waals surface area (Å²) < 4.78 is 21.2. The van der Waals surface area contributed by atoms with Crippen molar-refractivity contribution in [2.45, 2.75) is 0 Å². The van der Waals surface area contributed by atoms with Gasteiger partial charge in [-0.1, -0.05) is 0 Å². The second-order valence-electron chi connectivity index (χ2n) is 5.84. The second-order valence-corrected chi connectivity index (χ2v) is 5.84. The molecule has 1 aliphatic heterocycles. The summed E-state index contributed by atoms with van der Waals surface area (Å²) in [5.41, 5.74) is 1.28. The smallest absolute Gasteiger partial charge is 0.343 e. The number of esters is 1. The minimum absolute atomic E-state index is 0.349. The van der Waals surface area contributed by atoms with Crippen molar-refractivity contribution < 1.29 is 23.7 Å². The molecule has 0 aromatic heterocycles. The number of carbonyl (C=O) groups is 1. The third kappa shape index (κ3) is 4.98. The van der Waals surface area contributed by atoms with Crippen LogP contribution in [0.2, 0.25) is 0 Å². The first-order chi connectivity index (χ1) is 13.2. The Labute approximate surface area is 158 Å². The number of carbonyl (C=O) groups excluding carboxylic acids is 1. The van der Waals surface area contributed by atoms with Crippen molar-refractivity contribution in [3.8, 4) is 17.2 Å². The molecule has 0 atom stereocenters. The van der Waals surface area contributed by atoms with Crippen LogP contribution in [0.15, 0.2) is 47.6 Å². The second kappa shape index (κ2) is 9.05. The van der Waals surface area contributed by atoms with Gasteiger partial charge in [0.1, 0.15) is 5.75 Å². The van der Waals surface area contributed by atoms with Gasteiger partial charge in [0.15, 0.2) is 11.5 Å². The number of hydrazone groups is 1. The standard InChI is InChI=1S/C20H22N2O5/c1-24-17-6-4-16(5-7-17)20(23)27-18-8-3-15(13-19(18)25-2)14-21-22-9-11-26-12-10-22/h3-8,13-14H,9-12H2,1-2H3/b21-14+. The first-order valence-electron chi connectivity index (χ1n) is 8.60. The number of hydrogen-bond acceptors (Lipinski definition) is 7. The van der Waals surface area contributed by atoms with Crippen LogP contribution in [0.25, 0.3) is 0 Å². The molecule has 0 aliphatic carbocycles. The lowest BCUT2D eigenvalue weighted by molar-refractivity contribution is 0.0397. The van der Waals surface area contributed by atoms with Gasteiger partial charge in [0.05, 0.1) is 52.3 Å². The monoisotopic (exact) mass is 370 g/mol. The predicted molar refractivity (Wildman–Crippen MR) is 101 cm³/mol. The molecule has 2 aromatic rings. The molecule has 0 unspecified atom stereocenters. The van der Waals surface area contributed by atoms with Gasteiger partial charge in [0.2, 0.25) is 0 Å². The molecule has 27 heavy (non-hydrogen) atoms. The summed E-state index contributed by atoms with van der Waals surface area (Å²) in [7, 11) is 3.10. The van der Waals surface area contributed by atoms with E-state index >= 15 is 0 Å². The summed E-state index contributed by atoms with van der Waals surface area (Å²) in [6.45, 7) is 2.90. The molecular formula is C20H22N2O5. The Balaban J connectivity index is 1.69. The molecule has 2 aromatic carbocycles. The first-order valence-corrected chi connectivity index (χ1v) is 8.60. The summed E-state index contributed by atoms with van der Waals surface area (Å²) in [4.78, 5) is 12.3. The summed E-state index contributed by atoms with van der Waals surface area (Å²) in [6.07, 6.45) is 1.75. The highest BCUT2D eigenvalue weighted by molar-refractivity contribution is 5.91. The molecule has 1 fully saturated rings. The predicted octanol–water partition coefficient (Wildman–Crippen LogP) is 2.59. The van der Waals surface area contributed by atoms with Gasteiger partial charge in [0.25, 0.3) is 0 Å². The van der Waals surface area contributed by atoms with Crippen LogP contribution < -0.4 is 14.2 Å². The Kier molecular flexibility index (Phi) is 6.27. The van der Waals surface area contributed by atoms with Gasteiger partial charge >= 0.3 is 5.97 Å². The third-order valence-corrected chi connectivity index (χ3v) is 4.07. The maximum absolute atomic E-state index is 12.3. The van der Waals surface area contributed by atoms with E-state index in [4.69, 9.17) is 18.9 Å². The van der Waals surface area contributed by atoms with Crippen molar-refractivity contribution in [3.05, 3.63) is 53.6 Å². The fourth-order valence-electron chi connectivity index (χ4n) is 2.55. The van der Waals surface area contributed by atoms with Crippen LogP contribution in [0, 0.1) is 0 Å². The molecule has 7 nitrogen and oxygen atoms in total. The number of methoxy groups -OCH3 is 2. The van der Waals surface area contributed by atoms with Crippen molar-refractivity contribution in [1.29, 1.82) is 0 Å². The number of morpholine rings is 1. The van der Waals surface area contributed by atoms with Crippen LogP contribution in [0.5, 0.6) is 17.2 Å². The van der Waals surface area contributed by atoms with E-state index in [2.05, 4.69) is 5.10 Å². The summed E-state index contributed by atoms with van der Waals surface area (Å²) in [5, 5.41) is 6.39. The fourth-order valence-corrected chi connectivity index (χ4v) is 2.55. The molecule has 0 spiro atoms. The van der Waals surface area contributed by atoms with Crippen molar-refractivity contribution in [1.82, 2.24) is 5.01 Å². The Hall–Kier alpha value is -3.06. The molecule has 142 valence electrons. The average Bonchev–Trinajstić information content (AvgIpc) is 2.73. The molecule has 1 heterocycles. The van der Waals surface area contributed by atoms with Gasteiger partial charge < -0.3 is 18.9 Å². The van der Waals surface area contributed by atoms with E-state index in [1.807, 2.05) is 11.1 Å². The molecule has 3 rings (SSSR count). The molecule has 0 amide bonds. The van der Waals surface area contributed by atoms with Crippen LogP contribution >= 0.6 is 0 Å². The fraction of sp³-hybridized carbons (Fsp3) is 0.300. The van der Waals surface area contributed by atoms with Gasteiger partial charge in [0, 0.05) is 0 Å². The summed E-state index contributed by atoms with van der Waals surface area (Å²) in [6, 6.07) is 12.0. The summed E-state index contributed by atoms with van der Waals surface area (Å²) >= 11 is 0. The van der Waals surface area contributed by atoms with Crippen molar-refractivity contribution in [2.24, 2.45) is 5.10 Å². The van der Waals surface area contributed by atoms with E-state index < -0.39 is 5.97 Å². The van der Waals surface area contributed by atoms with Crippen molar-refractivity contribution >= 4 is 12.2 Å². The van der Waals surface area contributed by atoms with Crippen LogP contribution in [-0.4, -0.2) is 57.7 Å². The van der Waals surface area contributed by atoms with E-state index in [9.17, 15) is 4.79 Å². The molecule has 1 aliphatic rings. The largest absolute Gasteiger partial charge is 0.497 e. The summed E-state index contributed by atoms with van der Waals surface area (Å²) in [5.74, 6) is 1.02. The van der Waals surface area contributed by atoms with Gasteiger partial charge in [-0.25, -0.2) is 4.79 Å². The van der Waals surface area contributed by atoms with Crippen LogP contribution in [0.4, 0.5) is 0 Å². The lowest BCUT2D eigenvalue weighted by Gasteiger charge is -2.23. The van der Waals surface area contributed by atoms with E-state index in [1.54, 1.807) is 49.7 Å². The van der Waals surface area contributed by atoms with Gasteiger partial charge in [-0.15, -0.1) is 0 Å². The molecule has 0 N–H and O–H groups in total. The van der Waals surface area contributed by atoms with Gasteiger partial charge in [-0.2, -0.15) is 5.10 Å². The van der Waals surface area contributed by atoms with Crippen molar-refractivity contribution in [2.75, 3.05) is 40.5 Å². The first kappa shape index (κ1) is 18.7. The normalized spacial score (nSPS) is 14.2. The van der Waals surface area contributed by atoms with E-state index in [0.29, 0.717) is 36.0 Å². The highest BCUT2D eigenvalue weighted by Gasteiger charge is 2.13. The average molecular weight is 370 g/mol. The lowest BCUT2D eigenvalue weighted by Crippen LogP contribution is -2.32. The highest BCUT2D eigenvalue weighted by Crippen LogP contribution is 2.28. The number of rotatable bonds is 6. The highest BCUT2D eigenvalue weighted by atomic mass is 16.6. The Morgan fingerprint density at radius 2 is 1.78 bits per heavy atom. The van der Waals surface area contributed by atoms with Crippen LogP contribution in [0.3, 0.4) is 0 Å². The zero-order valence-corrected chi connectivity index (χ0v) is 15.4. The molecule has 0 radical (unpaired) electrons. The third-order valence-electron chi connectivity index (χ3n) is 4.07.